The summed E-state index contributed by atoms with van der Waals surface area (Å²) in [4.78, 5) is 18.8. The first-order chi connectivity index (χ1) is 12.0. The molecule has 0 aliphatic carbocycles. The van der Waals surface area contributed by atoms with Crippen LogP contribution in [0.25, 0.3) is 0 Å². The minimum Gasteiger partial charge on any atom is -0.338 e. The van der Waals surface area contributed by atoms with Gasteiger partial charge in [-0.3, -0.25) is 4.79 Å². The van der Waals surface area contributed by atoms with Crippen LogP contribution in [-0.2, 0) is 10.5 Å². The molecule has 0 fully saturated rings. The van der Waals surface area contributed by atoms with Crippen molar-refractivity contribution in [3.63, 3.8) is 0 Å². The fourth-order valence-electron chi connectivity index (χ4n) is 2.49. The molecule has 1 aliphatic rings. The van der Waals surface area contributed by atoms with Gasteiger partial charge in [0.05, 0.1) is 17.5 Å². The summed E-state index contributed by atoms with van der Waals surface area (Å²) >= 11 is 3.14. The fourth-order valence-corrected chi connectivity index (χ4v) is 4.48. The molecule has 1 aliphatic heterocycles. The van der Waals surface area contributed by atoms with E-state index in [1.807, 2.05) is 25.1 Å². The highest BCUT2D eigenvalue weighted by molar-refractivity contribution is 8.38. The van der Waals surface area contributed by atoms with Gasteiger partial charge in [-0.1, -0.05) is 53.9 Å². The Morgan fingerprint density at radius 1 is 1.28 bits per heavy atom. The summed E-state index contributed by atoms with van der Waals surface area (Å²) in [5.41, 5.74) is 3.13. The maximum Gasteiger partial charge on any atom is 0.233 e. The second-order valence-corrected chi connectivity index (χ2v) is 8.00. The Balaban J connectivity index is 1.59. The van der Waals surface area contributed by atoms with Gasteiger partial charge in [0.1, 0.15) is 10.2 Å². The highest BCUT2D eigenvalue weighted by atomic mass is 32.2. The quantitative estimate of drug-likeness (QED) is 0.754. The number of fused-ring (bicyclic) bond motifs is 1. The number of aliphatic imine (C=N–C) groups is 1. The highest BCUT2D eigenvalue weighted by Gasteiger charge is 2.19. The maximum absolute atomic E-state index is 13.0. The molecule has 3 nitrogen and oxygen atoms in total. The van der Waals surface area contributed by atoms with Gasteiger partial charge in [0, 0.05) is 12.8 Å². The van der Waals surface area contributed by atoms with Gasteiger partial charge in [0.25, 0.3) is 0 Å². The number of benzene rings is 2. The van der Waals surface area contributed by atoms with E-state index < -0.39 is 0 Å². The molecule has 1 unspecified atom stereocenters. The van der Waals surface area contributed by atoms with Crippen LogP contribution in [0.3, 0.4) is 0 Å². The normalized spacial score (nSPS) is 14.4. The Labute approximate surface area is 155 Å². The zero-order chi connectivity index (χ0) is 17.8. The predicted octanol–water partition coefficient (Wildman–Crippen LogP) is 5.01. The van der Waals surface area contributed by atoms with Crippen LogP contribution in [0.5, 0.6) is 0 Å². The first-order valence-electron chi connectivity index (χ1n) is 7.98. The van der Waals surface area contributed by atoms with Gasteiger partial charge in [-0.05, 0) is 36.2 Å². The standard InChI is InChI=1S/C19H19FN2OS2/c1-13(14-7-9-16(20)10-8-14)22(2)18(23)12-25-19-21-17-6-4-3-5-15(17)11-24-19/h3-10,13H,11-12H2,1-2H3. The van der Waals surface area contributed by atoms with E-state index in [0.29, 0.717) is 5.75 Å². The average molecular weight is 375 g/mol. The molecule has 0 N–H and O–H groups in total. The lowest BCUT2D eigenvalue weighted by atomic mass is 10.1. The van der Waals surface area contributed by atoms with Gasteiger partial charge >= 0.3 is 0 Å². The van der Waals surface area contributed by atoms with Crippen molar-refractivity contribution in [2.75, 3.05) is 12.8 Å². The Bertz CT molecular complexity index is 792. The largest absolute Gasteiger partial charge is 0.338 e. The molecule has 1 heterocycles. The Hall–Kier alpha value is -1.79. The average Bonchev–Trinajstić information content (AvgIpc) is 2.65. The number of nitrogens with zero attached hydrogens (tertiary/aromatic N) is 2. The van der Waals surface area contributed by atoms with Gasteiger partial charge in [0.2, 0.25) is 5.91 Å². The number of carbonyl (C=O) groups excluding carboxylic acids is 1. The topological polar surface area (TPSA) is 32.7 Å². The summed E-state index contributed by atoms with van der Waals surface area (Å²) in [5.74, 6) is 0.991. The molecule has 0 saturated heterocycles. The molecule has 0 radical (unpaired) electrons. The zero-order valence-electron chi connectivity index (χ0n) is 14.1. The molecule has 0 aromatic heterocycles. The number of amides is 1. The number of carbonyl (C=O) groups is 1. The van der Waals surface area contributed by atoms with Crippen molar-refractivity contribution in [2.45, 2.75) is 18.7 Å². The van der Waals surface area contributed by atoms with Crippen molar-refractivity contribution >= 4 is 39.5 Å². The fraction of sp³-hybridized carbons (Fsp3) is 0.263. The number of hydrogen-bond acceptors (Lipinski definition) is 4. The van der Waals surface area contributed by atoms with E-state index in [1.165, 1.54) is 29.5 Å². The van der Waals surface area contributed by atoms with Crippen molar-refractivity contribution in [1.82, 2.24) is 4.90 Å². The maximum atomic E-state index is 13.0. The molecule has 1 atom stereocenters. The van der Waals surface area contributed by atoms with Crippen molar-refractivity contribution in [1.29, 1.82) is 0 Å². The van der Waals surface area contributed by atoms with Crippen LogP contribution in [0.15, 0.2) is 53.5 Å². The van der Waals surface area contributed by atoms with Crippen LogP contribution >= 0.6 is 23.5 Å². The van der Waals surface area contributed by atoms with E-state index in [-0.39, 0.29) is 17.8 Å². The summed E-state index contributed by atoms with van der Waals surface area (Å²) in [6.07, 6.45) is 0. The Morgan fingerprint density at radius 3 is 2.76 bits per heavy atom. The summed E-state index contributed by atoms with van der Waals surface area (Å²) in [6.45, 7) is 1.94. The first kappa shape index (κ1) is 18.0. The highest BCUT2D eigenvalue weighted by Crippen LogP contribution is 2.34. The van der Waals surface area contributed by atoms with Gasteiger partial charge < -0.3 is 4.90 Å². The Morgan fingerprint density at radius 2 is 2.00 bits per heavy atom. The number of halogens is 1. The number of rotatable bonds is 4. The van der Waals surface area contributed by atoms with Crippen LogP contribution < -0.4 is 0 Å². The molecular weight excluding hydrogens is 355 g/mol. The second kappa shape index (κ2) is 8.06. The van der Waals surface area contributed by atoms with E-state index in [0.717, 1.165) is 21.4 Å². The van der Waals surface area contributed by atoms with E-state index in [2.05, 4.69) is 11.1 Å². The van der Waals surface area contributed by atoms with Crippen LogP contribution in [0.2, 0.25) is 0 Å². The SMILES string of the molecule is CC(c1ccc(F)cc1)N(C)C(=O)CSC1=Nc2ccccc2CS1. The van der Waals surface area contributed by atoms with Crippen LogP contribution in [0.1, 0.15) is 24.1 Å². The van der Waals surface area contributed by atoms with Crippen molar-refractivity contribution in [3.8, 4) is 0 Å². The van der Waals surface area contributed by atoms with Gasteiger partial charge in [-0.15, -0.1) is 0 Å². The van der Waals surface area contributed by atoms with Crippen molar-refractivity contribution in [3.05, 3.63) is 65.5 Å². The third kappa shape index (κ3) is 4.44. The van der Waals surface area contributed by atoms with Crippen molar-refractivity contribution < 1.29 is 9.18 Å². The summed E-state index contributed by atoms with van der Waals surface area (Å²) in [5, 5.41) is 0. The molecule has 3 rings (SSSR count). The Kier molecular flexibility index (Phi) is 5.81. The van der Waals surface area contributed by atoms with Crippen LogP contribution in [-0.4, -0.2) is 28.0 Å². The number of thioether (sulfide) groups is 2. The number of para-hydroxylation sites is 1. The van der Waals surface area contributed by atoms with Gasteiger partial charge in [0.15, 0.2) is 0 Å². The molecule has 25 heavy (non-hydrogen) atoms. The lowest BCUT2D eigenvalue weighted by molar-refractivity contribution is -0.128. The summed E-state index contributed by atoms with van der Waals surface area (Å²) < 4.78 is 14.0. The van der Waals surface area contributed by atoms with Gasteiger partial charge in [-0.25, -0.2) is 9.38 Å². The van der Waals surface area contributed by atoms with Crippen LogP contribution in [0, 0.1) is 5.82 Å². The van der Waals surface area contributed by atoms with Crippen LogP contribution in [0.4, 0.5) is 10.1 Å². The molecule has 1 amide bonds. The minimum atomic E-state index is -0.270. The van der Waals surface area contributed by atoms with Gasteiger partial charge in [-0.2, -0.15) is 0 Å². The second-order valence-electron chi connectivity index (χ2n) is 5.82. The molecule has 0 spiro atoms. The molecule has 0 bridgehead atoms. The summed E-state index contributed by atoms with van der Waals surface area (Å²) in [6, 6.07) is 14.2. The monoisotopic (exact) mass is 374 g/mol. The molecule has 6 heteroatoms. The molecule has 0 saturated carbocycles. The molecular formula is C19H19FN2OS2. The smallest absolute Gasteiger partial charge is 0.233 e. The molecule has 130 valence electrons. The van der Waals surface area contributed by atoms with E-state index >= 15 is 0 Å². The predicted molar refractivity (Wildman–Crippen MR) is 105 cm³/mol. The zero-order valence-corrected chi connectivity index (χ0v) is 15.7. The summed E-state index contributed by atoms with van der Waals surface area (Å²) in [7, 11) is 1.78. The van der Waals surface area contributed by atoms with E-state index in [1.54, 1.807) is 35.8 Å². The lowest BCUT2D eigenvalue weighted by Gasteiger charge is -2.25. The minimum absolute atomic E-state index is 0.0315. The third-order valence-corrected chi connectivity index (χ3v) is 6.43. The first-order valence-corrected chi connectivity index (χ1v) is 9.95. The van der Waals surface area contributed by atoms with Crippen molar-refractivity contribution in [2.24, 2.45) is 4.99 Å². The molecule has 2 aromatic carbocycles. The lowest BCUT2D eigenvalue weighted by Crippen LogP contribution is -2.31. The molecule has 2 aromatic rings. The third-order valence-electron chi connectivity index (χ3n) is 4.20. The van der Waals surface area contributed by atoms with E-state index in [4.69, 9.17) is 0 Å². The van der Waals surface area contributed by atoms with E-state index in [9.17, 15) is 9.18 Å². The number of hydrogen-bond donors (Lipinski definition) is 0.